The summed E-state index contributed by atoms with van der Waals surface area (Å²) >= 11 is 0. The van der Waals surface area contributed by atoms with Crippen LogP contribution in [0.15, 0.2) is 125 Å². The highest BCUT2D eigenvalue weighted by Crippen LogP contribution is 2.39. The molecule has 0 N–H and O–H groups in total. The van der Waals surface area contributed by atoms with Crippen molar-refractivity contribution >= 4 is 54.9 Å². The van der Waals surface area contributed by atoms with E-state index in [2.05, 4.69) is 0 Å². The Morgan fingerprint density at radius 2 is 0.932 bits per heavy atom. The van der Waals surface area contributed by atoms with Crippen molar-refractivity contribution in [2.75, 3.05) is 0 Å². The number of hydrogen-bond donors (Lipinski definition) is 0. The van der Waals surface area contributed by atoms with Gasteiger partial charge in [-0.2, -0.15) is 0 Å². The molecule has 0 fully saturated rings. The zero-order chi connectivity index (χ0) is 30.8. The van der Waals surface area contributed by atoms with Crippen molar-refractivity contribution in [3.8, 4) is 0 Å². The number of fused-ring (bicyclic) bond motifs is 2. The molecule has 2 heterocycles. The molecule has 0 amide bonds. The maximum absolute atomic E-state index is 12.8. The predicted octanol–water partition coefficient (Wildman–Crippen LogP) is 7.70. The van der Waals surface area contributed by atoms with Crippen LogP contribution >= 0.6 is 21.6 Å². The maximum Gasteiger partial charge on any atom is 0.351 e. The lowest BCUT2D eigenvalue weighted by molar-refractivity contribution is -0.383. The normalized spacial score (nSPS) is 11.2. The summed E-state index contributed by atoms with van der Waals surface area (Å²) < 4.78 is 10.8. The molecule has 218 valence electrons. The van der Waals surface area contributed by atoms with Crippen molar-refractivity contribution in [1.82, 2.24) is 0 Å². The third kappa shape index (κ3) is 6.12. The molecule has 10 nitrogen and oxygen atoms in total. The number of rotatable bonds is 9. The largest absolute Gasteiger partial charge is 0.414 e. The van der Waals surface area contributed by atoms with Gasteiger partial charge in [-0.3, -0.25) is 20.2 Å². The Morgan fingerprint density at radius 3 is 1.30 bits per heavy atom. The molecule has 44 heavy (non-hydrogen) atoms. The molecule has 0 aliphatic heterocycles. The Bertz CT molecular complexity index is 2020. The summed E-state index contributed by atoms with van der Waals surface area (Å²) in [6, 6.07) is 28.1. The minimum Gasteiger partial charge on any atom is -0.414 e. The van der Waals surface area contributed by atoms with Gasteiger partial charge in [-0.1, -0.05) is 60.7 Å². The molecule has 0 radical (unpaired) electrons. The van der Waals surface area contributed by atoms with Gasteiger partial charge in [0.1, 0.15) is 9.79 Å². The Balaban J connectivity index is 1.34. The van der Waals surface area contributed by atoms with Gasteiger partial charge in [0.15, 0.2) is 0 Å². The molecule has 12 heteroatoms. The Kier molecular flexibility index (Phi) is 8.01. The Hall–Kier alpha value is -5.20. The van der Waals surface area contributed by atoms with E-state index in [4.69, 9.17) is 8.83 Å². The smallest absolute Gasteiger partial charge is 0.351 e. The summed E-state index contributed by atoms with van der Waals surface area (Å²) in [5, 5.41) is 24.3. The van der Waals surface area contributed by atoms with Crippen LogP contribution in [0.5, 0.6) is 0 Å². The molecule has 6 rings (SSSR count). The van der Waals surface area contributed by atoms with Gasteiger partial charge in [-0.25, -0.2) is 9.59 Å². The van der Waals surface area contributed by atoms with Gasteiger partial charge in [0.2, 0.25) is 11.2 Å². The van der Waals surface area contributed by atoms with Gasteiger partial charge in [-0.15, -0.1) is 0 Å². The SMILES string of the molecule is O=c1oc2c([N+](=O)[O-])cc(Cc3ccccc3)cc2cc1SSc1cc2cc(Cc3ccccc3)cc([N+](=O)[O-])c2oc1=O. The number of nitrogens with zero attached hydrogens (tertiary/aromatic N) is 2. The first-order valence-electron chi connectivity index (χ1n) is 13.2. The second-order valence-corrected chi connectivity index (χ2v) is 12.1. The molecule has 0 aliphatic rings. The van der Waals surface area contributed by atoms with Crippen molar-refractivity contribution in [2.24, 2.45) is 0 Å². The summed E-state index contributed by atoms with van der Waals surface area (Å²) in [5.41, 5.74) is 0.698. The molecule has 0 bridgehead atoms. The van der Waals surface area contributed by atoms with Crippen molar-refractivity contribution in [2.45, 2.75) is 22.6 Å². The highest BCUT2D eigenvalue weighted by Gasteiger charge is 2.22. The third-order valence-electron chi connectivity index (χ3n) is 6.80. The van der Waals surface area contributed by atoms with Gasteiger partial charge in [-0.05, 0) is 80.9 Å². The maximum atomic E-state index is 12.8. The van der Waals surface area contributed by atoms with Gasteiger partial charge in [0.25, 0.3) is 0 Å². The topological polar surface area (TPSA) is 147 Å². The summed E-state index contributed by atoms with van der Waals surface area (Å²) in [5.74, 6) is 0. The molecule has 0 spiro atoms. The van der Waals surface area contributed by atoms with E-state index in [1.54, 1.807) is 12.1 Å². The monoisotopic (exact) mass is 624 g/mol. The number of hydrogen-bond acceptors (Lipinski definition) is 10. The van der Waals surface area contributed by atoms with Crippen LogP contribution < -0.4 is 11.3 Å². The first kappa shape index (κ1) is 28.9. The molecule has 4 aromatic carbocycles. The molecule has 0 atom stereocenters. The van der Waals surface area contributed by atoms with E-state index >= 15 is 0 Å². The highest BCUT2D eigenvalue weighted by atomic mass is 33.1. The summed E-state index contributed by atoms with van der Waals surface area (Å²) in [6.07, 6.45) is 0.870. The van der Waals surface area contributed by atoms with E-state index in [1.165, 1.54) is 24.3 Å². The van der Waals surface area contributed by atoms with E-state index in [9.17, 15) is 29.8 Å². The molecular weight excluding hydrogens is 604 g/mol. The van der Waals surface area contributed by atoms with Crippen LogP contribution in [0.1, 0.15) is 22.3 Å². The van der Waals surface area contributed by atoms with Crippen molar-refractivity contribution in [3.63, 3.8) is 0 Å². The lowest BCUT2D eigenvalue weighted by Crippen LogP contribution is -2.05. The standard InChI is InChI=1S/C32H20N2O8S2/c35-31-27(17-23-13-21(11-19-7-3-1-4-8-19)15-25(33(37)38)29(23)41-31)43-44-28-18-24-14-22(12-20-9-5-2-6-10-20)16-26(34(39)40)30(24)42-32(28)36/h1-10,13-18H,11-12H2. The fourth-order valence-electron chi connectivity index (χ4n) is 4.86. The molecule has 0 unspecified atom stereocenters. The van der Waals surface area contributed by atoms with Gasteiger partial charge in [0.05, 0.1) is 9.85 Å². The fourth-order valence-corrected chi connectivity index (χ4v) is 6.84. The number of nitro benzene ring substituents is 2. The molecule has 0 saturated carbocycles. The van der Waals surface area contributed by atoms with Gasteiger partial charge in [0, 0.05) is 22.9 Å². The number of benzene rings is 4. The van der Waals surface area contributed by atoms with E-state index < -0.39 is 21.1 Å². The Morgan fingerprint density at radius 1 is 0.545 bits per heavy atom. The zero-order valence-electron chi connectivity index (χ0n) is 22.6. The van der Waals surface area contributed by atoms with Crippen LogP contribution in [0.3, 0.4) is 0 Å². The summed E-state index contributed by atoms with van der Waals surface area (Å²) in [7, 11) is 1.85. The molecule has 0 saturated heterocycles. The van der Waals surface area contributed by atoms with Crippen LogP contribution in [0.4, 0.5) is 11.4 Å². The van der Waals surface area contributed by atoms with Crippen LogP contribution in [-0.2, 0) is 12.8 Å². The first-order chi connectivity index (χ1) is 21.2. The van der Waals surface area contributed by atoms with Crippen LogP contribution in [0.2, 0.25) is 0 Å². The lowest BCUT2D eigenvalue weighted by atomic mass is 10.0. The molecular formula is C32H20N2O8S2. The molecule has 0 aliphatic carbocycles. The van der Waals surface area contributed by atoms with E-state index in [0.29, 0.717) is 34.7 Å². The van der Waals surface area contributed by atoms with Gasteiger partial charge < -0.3 is 8.83 Å². The molecule has 6 aromatic rings. The number of non-ortho nitro benzene ring substituents is 2. The quantitative estimate of drug-likeness (QED) is 0.0678. The van der Waals surface area contributed by atoms with Crippen molar-refractivity contribution in [3.05, 3.63) is 160 Å². The predicted molar refractivity (Wildman–Crippen MR) is 168 cm³/mol. The zero-order valence-corrected chi connectivity index (χ0v) is 24.3. The van der Waals surface area contributed by atoms with Crippen LogP contribution in [0.25, 0.3) is 21.9 Å². The third-order valence-corrected chi connectivity index (χ3v) is 9.14. The van der Waals surface area contributed by atoms with Crippen molar-refractivity contribution in [1.29, 1.82) is 0 Å². The first-order valence-corrected chi connectivity index (χ1v) is 15.3. The lowest BCUT2D eigenvalue weighted by Gasteiger charge is -2.07. The molecule has 2 aromatic heterocycles. The summed E-state index contributed by atoms with van der Waals surface area (Å²) in [6.45, 7) is 0. The second-order valence-electron chi connectivity index (χ2n) is 9.87. The Labute approximate surface area is 256 Å². The minimum atomic E-state index is -0.806. The minimum absolute atomic E-state index is 0.108. The van der Waals surface area contributed by atoms with E-state index in [1.807, 2.05) is 60.7 Å². The average molecular weight is 625 g/mol. The average Bonchev–Trinajstić information content (AvgIpc) is 3.00. The van der Waals surface area contributed by atoms with E-state index in [0.717, 1.165) is 32.7 Å². The van der Waals surface area contributed by atoms with Crippen LogP contribution in [0, 0.1) is 20.2 Å². The van der Waals surface area contributed by atoms with Crippen LogP contribution in [-0.4, -0.2) is 9.85 Å². The number of nitro groups is 2. The van der Waals surface area contributed by atoms with Gasteiger partial charge >= 0.3 is 22.6 Å². The van der Waals surface area contributed by atoms with Crippen molar-refractivity contribution < 1.29 is 18.7 Å². The second kappa shape index (κ2) is 12.2. The fraction of sp³-hybridized carbons (Fsp3) is 0.0625. The highest BCUT2D eigenvalue weighted by molar-refractivity contribution is 8.76. The van der Waals surface area contributed by atoms with E-state index in [-0.39, 0.29) is 32.3 Å². The summed E-state index contributed by atoms with van der Waals surface area (Å²) in [4.78, 5) is 48.3.